The normalized spacial score (nSPS) is 27.9. The number of hydrogen-bond acceptors (Lipinski definition) is 3. The Kier molecular flexibility index (Phi) is 8.67. The van der Waals surface area contributed by atoms with Crippen LogP contribution in [0.25, 0.3) is 0 Å². The fraction of sp³-hybridized carbons (Fsp3) is 1.00. The summed E-state index contributed by atoms with van der Waals surface area (Å²) in [5, 5.41) is 3.48. The lowest BCUT2D eigenvalue weighted by Crippen LogP contribution is -2.34. The van der Waals surface area contributed by atoms with E-state index in [1.54, 1.807) is 0 Å². The Morgan fingerprint density at radius 3 is 2.21 bits per heavy atom. The quantitative estimate of drug-likeness (QED) is 0.652. The lowest BCUT2D eigenvalue weighted by molar-refractivity contribution is 0.00265. The van der Waals surface area contributed by atoms with E-state index in [1.807, 2.05) is 0 Å². The van der Waals surface area contributed by atoms with Gasteiger partial charge in [-0.05, 0) is 44.2 Å². The molecule has 0 saturated heterocycles. The average molecular weight is 270 g/mol. The molecule has 1 aliphatic carbocycles. The molecule has 0 amide bonds. The van der Waals surface area contributed by atoms with Crippen molar-refractivity contribution in [1.29, 1.82) is 0 Å². The zero-order valence-corrected chi connectivity index (χ0v) is 13.5. The molecule has 1 N–H and O–H groups in total. The van der Waals surface area contributed by atoms with Crippen LogP contribution in [0.2, 0.25) is 0 Å². The lowest BCUT2D eigenvalue weighted by atomic mass is 9.82. The van der Waals surface area contributed by atoms with Gasteiger partial charge in [-0.15, -0.1) is 0 Å². The van der Waals surface area contributed by atoms with Gasteiger partial charge >= 0.3 is 0 Å². The average Bonchev–Trinajstić information content (AvgIpc) is 2.37. The highest BCUT2D eigenvalue weighted by Gasteiger charge is 2.23. The molecule has 0 aromatic heterocycles. The second-order valence-corrected chi connectivity index (χ2v) is 6.19. The predicted octanol–water partition coefficient (Wildman–Crippen LogP) is 2.76. The van der Waals surface area contributed by atoms with Crippen molar-refractivity contribution in [1.82, 2.24) is 10.2 Å². The molecule has 0 radical (unpaired) electrons. The predicted molar refractivity (Wildman–Crippen MR) is 82.6 cm³/mol. The zero-order chi connectivity index (χ0) is 14.1. The Morgan fingerprint density at radius 1 is 1.00 bits per heavy atom. The smallest absolute Gasteiger partial charge is 0.0594 e. The minimum absolute atomic E-state index is 0.503. The first kappa shape index (κ1) is 16.9. The van der Waals surface area contributed by atoms with Gasteiger partial charge in [-0.2, -0.15) is 0 Å². The Bertz CT molecular complexity index is 209. The van der Waals surface area contributed by atoms with Gasteiger partial charge in [-0.1, -0.05) is 27.7 Å². The number of nitrogens with zero attached hydrogens (tertiary/aromatic N) is 1. The van der Waals surface area contributed by atoms with Gasteiger partial charge in [0.05, 0.1) is 12.7 Å². The summed E-state index contributed by atoms with van der Waals surface area (Å²) < 4.78 is 6.01. The molecule has 0 aliphatic heterocycles. The number of likely N-dealkylation sites (N-methyl/N-ethyl adjacent to an activating group) is 1. The Balaban J connectivity index is 1.98. The maximum absolute atomic E-state index is 6.01. The third kappa shape index (κ3) is 7.28. The second kappa shape index (κ2) is 9.73. The molecule has 0 aromatic carbocycles. The van der Waals surface area contributed by atoms with Crippen LogP contribution in [0.5, 0.6) is 0 Å². The van der Waals surface area contributed by atoms with Gasteiger partial charge in [0.1, 0.15) is 0 Å². The fourth-order valence-corrected chi connectivity index (χ4v) is 3.21. The van der Waals surface area contributed by atoms with E-state index in [1.165, 1.54) is 19.3 Å². The first-order valence-electron chi connectivity index (χ1n) is 8.20. The van der Waals surface area contributed by atoms with Gasteiger partial charge in [0, 0.05) is 19.6 Å². The summed E-state index contributed by atoms with van der Waals surface area (Å²) in [6, 6.07) is 0. The standard InChI is InChI=1S/C16H34N2O/c1-5-18(6-2)9-7-17-8-10-19-16-12-14(3)11-15(4)13-16/h14-17H,5-13H2,1-4H3. The molecular weight excluding hydrogens is 236 g/mol. The van der Waals surface area contributed by atoms with Crippen LogP contribution < -0.4 is 5.32 Å². The highest BCUT2D eigenvalue weighted by Crippen LogP contribution is 2.30. The topological polar surface area (TPSA) is 24.5 Å². The molecule has 1 rings (SSSR count). The van der Waals surface area contributed by atoms with Crippen molar-refractivity contribution >= 4 is 0 Å². The monoisotopic (exact) mass is 270 g/mol. The summed E-state index contributed by atoms with van der Waals surface area (Å²) in [4.78, 5) is 2.44. The zero-order valence-electron chi connectivity index (χ0n) is 13.5. The highest BCUT2D eigenvalue weighted by atomic mass is 16.5. The van der Waals surface area contributed by atoms with Crippen LogP contribution in [0.3, 0.4) is 0 Å². The van der Waals surface area contributed by atoms with Gasteiger partial charge < -0.3 is 15.0 Å². The number of rotatable bonds is 9. The molecule has 0 spiro atoms. The lowest BCUT2D eigenvalue weighted by Gasteiger charge is -2.31. The fourth-order valence-electron chi connectivity index (χ4n) is 3.21. The Morgan fingerprint density at radius 2 is 1.63 bits per heavy atom. The van der Waals surface area contributed by atoms with E-state index in [0.29, 0.717) is 6.10 Å². The van der Waals surface area contributed by atoms with Crippen molar-refractivity contribution in [2.75, 3.05) is 39.3 Å². The van der Waals surface area contributed by atoms with Crippen molar-refractivity contribution in [2.45, 2.75) is 53.1 Å². The van der Waals surface area contributed by atoms with Crippen LogP contribution in [-0.4, -0.2) is 50.3 Å². The minimum atomic E-state index is 0.503. The summed E-state index contributed by atoms with van der Waals surface area (Å²) >= 11 is 0. The van der Waals surface area contributed by atoms with Crippen LogP contribution in [0, 0.1) is 11.8 Å². The highest BCUT2D eigenvalue weighted by molar-refractivity contribution is 4.75. The van der Waals surface area contributed by atoms with Gasteiger partial charge in [-0.3, -0.25) is 0 Å². The van der Waals surface area contributed by atoms with Crippen molar-refractivity contribution in [2.24, 2.45) is 11.8 Å². The maximum Gasteiger partial charge on any atom is 0.0594 e. The summed E-state index contributed by atoms with van der Waals surface area (Å²) in [7, 11) is 0. The van der Waals surface area contributed by atoms with E-state index in [-0.39, 0.29) is 0 Å². The minimum Gasteiger partial charge on any atom is -0.377 e. The molecule has 2 atom stereocenters. The van der Waals surface area contributed by atoms with Gasteiger partial charge in [0.15, 0.2) is 0 Å². The van der Waals surface area contributed by atoms with Crippen LogP contribution in [-0.2, 0) is 4.74 Å². The summed E-state index contributed by atoms with van der Waals surface area (Å²) in [5.41, 5.74) is 0. The third-order valence-electron chi connectivity index (χ3n) is 4.27. The maximum atomic E-state index is 6.01. The molecule has 19 heavy (non-hydrogen) atoms. The first-order chi connectivity index (χ1) is 9.15. The summed E-state index contributed by atoms with van der Waals surface area (Å²) in [5.74, 6) is 1.67. The molecule has 1 fully saturated rings. The van der Waals surface area contributed by atoms with Crippen molar-refractivity contribution in [3.63, 3.8) is 0 Å². The molecule has 114 valence electrons. The second-order valence-electron chi connectivity index (χ2n) is 6.19. The van der Waals surface area contributed by atoms with E-state index < -0.39 is 0 Å². The number of ether oxygens (including phenoxy) is 1. The van der Waals surface area contributed by atoms with Gasteiger partial charge in [0.25, 0.3) is 0 Å². The van der Waals surface area contributed by atoms with Crippen LogP contribution in [0.1, 0.15) is 47.0 Å². The van der Waals surface area contributed by atoms with Crippen molar-refractivity contribution in [3.05, 3.63) is 0 Å². The Labute approximate surface area is 120 Å². The van der Waals surface area contributed by atoms with Crippen LogP contribution in [0.15, 0.2) is 0 Å². The largest absolute Gasteiger partial charge is 0.377 e. The van der Waals surface area contributed by atoms with E-state index in [2.05, 4.69) is 37.9 Å². The van der Waals surface area contributed by atoms with E-state index in [4.69, 9.17) is 4.74 Å². The van der Waals surface area contributed by atoms with Gasteiger partial charge in [0.2, 0.25) is 0 Å². The van der Waals surface area contributed by atoms with Crippen LogP contribution in [0.4, 0.5) is 0 Å². The SMILES string of the molecule is CCN(CC)CCNCCOC1CC(C)CC(C)C1. The van der Waals surface area contributed by atoms with E-state index >= 15 is 0 Å². The Hall–Kier alpha value is -0.120. The molecular formula is C16H34N2O. The van der Waals surface area contributed by atoms with E-state index in [0.717, 1.165) is 51.2 Å². The van der Waals surface area contributed by atoms with E-state index in [9.17, 15) is 0 Å². The molecule has 0 bridgehead atoms. The van der Waals surface area contributed by atoms with Crippen LogP contribution >= 0.6 is 0 Å². The molecule has 2 unspecified atom stereocenters. The molecule has 1 aliphatic rings. The van der Waals surface area contributed by atoms with Crippen molar-refractivity contribution < 1.29 is 4.74 Å². The molecule has 1 saturated carbocycles. The molecule has 0 aromatic rings. The summed E-state index contributed by atoms with van der Waals surface area (Å²) in [6.07, 6.45) is 4.39. The molecule has 0 heterocycles. The molecule has 3 heteroatoms. The first-order valence-corrected chi connectivity index (χ1v) is 8.20. The van der Waals surface area contributed by atoms with Gasteiger partial charge in [-0.25, -0.2) is 0 Å². The number of nitrogens with one attached hydrogen (secondary N) is 1. The molecule has 3 nitrogen and oxygen atoms in total. The summed E-state index contributed by atoms with van der Waals surface area (Å²) in [6.45, 7) is 15.5. The number of hydrogen-bond donors (Lipinski definition) is 1. The third-order valence-corrected chi connectivity index (χ3v) is 4.27. The van der Waals surface area contributed by atoms with Crippen molar-refractivity contribution in [3.8, 4) is 0 Å².